The lowest BCUT2D eigenvalue weighted by Gasteiger charge is -2.17. The molecule has 2 aromatic heterocycles. The third-order valence-corrected chi connectivity index (χ3v) is 5.51. The lowest BCUT2D eigenvalue weighted by atomic mass is 10.0. The molecule has 0 saturated carbocycles. The van der Waals surface area contributed by atoms with Gasteiger partial charge in [0.15, 0.2) is 0 Å². The van der Waals surface area contributed by atoms with E-state index < -0.39 is 11.9 Å². The van der Waals surface area contributed by atoms with Crippen LogP contribution in [0.25, 0.3) is 11.3 Å². The second kappa shape index (κ2) is 8.46. The number of pyridine rings is 1. The van der Waals surface area contributed by atoms with Gasteiger partial charge in [0, 0.05) is 23.9 Å². The number of amides is 1. The average molecular weight is 439 g/mol. The minimum Gasteiger partial charge on any atom is -0.344 e. The fraction of sp³-hybridized carbons (Fsp3) is 0.304. The van der Waals surface area contributed by atoms with E-state index in [2.05, 4.69) is 15.4 Å². The highest BCUT2D eigenvalue weighted by Crippen LogP contribution is 2.34. The molecule has 0 bridgehead atoms. The number of nitrogens with zero attached hydrogens (tertiary/aromatic N) is 4. The third kappa shape index (κ3) is 4.35. The summed E-state index contributed by atoms with van der Waals surface area (Å²) in [6.45, 7) is 2.30. The van der Waals surface area contributed by atoms with Crippen molar-refractivity contribution in [1.82, 2.24) is 20.1 Å². The van der Waals surface area contributed by atoms with Crippen LogP contribution < -0.4 is 5.32 Å². The second-order valence-electron chi connectivity index (χ2n) is 7.77. The van der Waals surface area contributed by atoms with Crippen LogP contribution in [0.2, 0.25) is 0 Å². The Labute approximate surface area is 182 Å². The van der Waals surface area contributed by atoms with Crippen LogP contribution in [0, 0.1) is 18.3 Å². The van der Waals surface area contributed by atoms with Crippen molar-refractivity contribution >= 4 is 5.91 Å². The van der Waals surface area contributed by atoms with Gasteiger partial charge in [0.2, 0.25) is 0 Å². The fourth-order valence-corrected chi connectivity index (χ4v) is 3.85. The van der Waals surface area contributed by atoms with Crippen molar-refractivity contribution in [3.8, 4) is 17.3 Å². The molecule has 164 valence electrons. The Morgan fingerprint density at radius 2 is 2.06 bits per heavy atom. The number of halogens is 3. The van der Waals surface area contributed by atoms with E-state index >= 15 is 0 Å². The Hall–Kier alpha value is -3.67. The SMILES string of the molecule is Cc1cnc(C(F)(F)F)cc1-c1cc2n(n1)CCCC[C@H]2NC(=O)c1cccc(C#N)c1. The Morgan fingerprint density at radius 3 is 2.81 bits per heavy atom. The lowest BCUT2D eigenvalue weighted by molar-refractivity contribution is -0.141. The molecule has 6 nitrogen and oxygen atoms in total. The number of hydrogen-bond acceptors (Lipinski definition) is 4. The summed E-state index contributed by atoms with van der Waals surface area (Å²) in [6.07, 6.45) is -0.961. The van der Waals surface area contributed by atoms with E-state index in [1.54, 1.807) is 35.9 Å². The number of alkyl halides is 3. The Kier molecular flexibility index (Phi) is 5.70. The van der Waals surface area contributed by atoms with Gasteiger partial charge in [-0.1, -0.05) is 6.07 Å². The molecule has 4 rings (SSSR count). The van der Waals surface area contributed by atoms with Crippen molar-refractivity contribution < 1.29 is 18.0 Å². The zero-order valence-electron chi connectivity index (χ0n) is 17.3. The van der Waals surface area contributed by atoms with Crippen molar-refractivity contribution in [1.29, 1.82) is 5.26 Å². The summed E-state index contributed by atoms with van der Waals surface area (Å²) >= 11 is 0. The van der Waals surface area contributed by atoms with Crippen LogP contribution in [0.5, 0.6) is 0 Å². The van der Waals surface area contributed by atoms with Crippen LogP contribution in [0.3, 0.4) is 0 Å². The van der Waals surface area contributed by atoms with Crippen molar-refractivity contribution in [2.45, 2.75) is 44.9 Å². The van der Waals surface area contributed by atoms with E-state index in [1.807, 2.05) is 6.07 Å². The molecule has 1 aliphatic rings. The number of hydrogen-bond donors (Lipinski definition) is 1. The highest BCUT2D eigenvalue weighted by Gasteiger charge is 2.33. The first-order valence-corrected chi connectivity index (χ1v) is 10.2. The summed E-state index contributed by atoms with van der Waals surface area (Å²) in [4.78, 5) is 16.3. The summed E-state index contributed by atoms with van der Waals surface area (Å²) < 4.78 is 41.2. The van der Waals surface area contributed by atoms with E-state index in [0.717, 1.165) is 24.6 Å². The number of nitrogens with one attached hydrogen (secondary N) is 1. The largest absolute Gasteiger partial charge is 0.433 e. The van der Waals surface area contributed by atoms with E-state index in [0.29, 0.717) is 40.9 Å². The van der Waals surface area contributed by atoms with Crippen molar-refractivity contribution in [3.05, 3.63) is 70.7 Å². The molecular weight excluding hydrogens is 419 g/mol. The molecule has 32 heavy (non-hydrogen) atoms. The summed E-state index contributed by atoms with van der Waals surface area (Å²) in [5.41, 5.74) is 1.90. The van der Waals surface area contributed by atoms with E-state index in [1.165, 1.54) is 12.3 Å². The summed E-state index contributed by atoms with van der Waals surface area (Å²) in [6, 6.07) is 10.8. The van der Waals surface area contributed by atoms with Crippen molar-refractivity contribution in [3.63, 3.8) is 0 Å². The van der Waals surface area contributed by atoms with E-state index in [-0.39, 0.29) is 11.9 Å². The van der Waals surface area contributed by atoms with Gasteiger partial charge >= 0.3 is 6.18 Å². The first-order chi connectivity index (χ1) is 15.3. The smallest absolute Gasteiger partial charge is 0.344 e. The van der Waals surface area contributed by atoms with Gasteiger partial charge in [0.25, 0.3) is 5.91 Å². The monoisotopic (exact) mass is 439 g/mol. The highest BCUT2D eigenvalue weighted by atomic mass is 19.4. The molecule has 3 aromatic rings. The minimum atomic E-state index is -4.55. The summed E-state index contributed by atoms with van der Waals surface area (Å²) in [7, 11) is 0. The number of aromatic nitrogens is 3. The molecule has 9 heteroatoms. The van der Waals surface area contributed by atoms with Crippen LogP contribution >= 0.6 is 0 Å². The van der Waals surface area contributed by atoms with Gasteiger partial charge < -0.3 is 5.32 Å². The molecule has 0 fully saturated rings. The maximum atomic E-state index is 13.2. The summed E-state index contributed by atoms with van der Waals surface area (Å²) in [5, 5.41) is 16.6. The number of fused-ring (bicyclic) bond motifs is 1. The summed E-state index contributed by atoms with van der Waals surface area (Å²) in [5.74, 6) is -0.317. The van der Waals surface area contributed by atoms with Crippen LogP contribution in [-0.2, 0) is 12.7 Å². The number of carbonyl (C=O) groups excluding carboxylic acids is 1. The molecular formula is C23H20F3N5O. The van der Waals surface area contributed by atoms with Crippen LogP contribution in [0.15, 0.2) is 42.6 Å². The number of nitriles is 1. The molecule has 0 aliphatic carbocycles. The van der Waals surface area contributed by atoms with Gasteiger partial charge in [-0.25, -0.2) is 0 Å². The maximum Gasteiger partial charge on any atom is 0.433 e. The van der Waals surface area contributed by atoms with Gasteiger partial charge in [0.1, 0.15) is 5.69 Å². The minimum absolute atomic E-state index is 0.317. The Balaban J connectivity index is 1.67. The van der Waals surface area contributed by atoms with Gasteiger partial charge in [-0.05, 0) is 62.1 Å². The lowest BCUT2D eigenvalue weighted by Crippen LogP contribution is -2.29. The van der Waals surface area contributed by atoms with Crippen LogP contribution in [-0.4, -0.2) is 20.7 Å². The Morgan fingerprint density at radius 1 is 1.25 bits per heavy atom. The molecule has 1 aromatic carbocycles. The highest BCUT2D eigenvalue weighted by molar-refractivity contribution is 5.94. The molecule has 0 unspecified atom stereocenters. The van der Waals surface area contributed by atoms with Crippen molar-refractivity contribution in [2.24, 2.45) is 0 Å². The molecule has 3 heterocycles. The van der Waals surface area contributed by atoms with Gasteiger partial charge in [-0.15, -0.1) is 0 Å². The zero-order valence-corrected chi connectivity index (χ0v) is 17.3. The quantitative estimate of drug-likeness (QED) is 0.636. The fourth-order valence-electron chi connectivity index (χ4n) is 3.85. The van der Waals surface area contributed by atoms with Gasteiger partial charge in [-0.2, -0.15) is 23.5 Å². The van der Waals surface area contributed by atoms with E-state index in [9.17, 15) is 18.0 Å². The van der Waals surface area contributed by atoms with Gasteiger partial charge in [0.05, 0.1) is 29.1 Å². The van der Waals surface area contributed by atoms with Gasteiger partial charge in [-0.3, -0.25) is 14.5 Å². The molecule has 1 N–H and O–H groups in total. The maximum absolute atomic E-state index is 13.2. The van der Waals surface area contributed by atoms with Crippen molar-refractivity contribution in [2.75, 3.05) is 0 Å². The topological polar surface area (TPSA) is 83.6 Å². The molecule has 1 aliphatic heterocycles. The average Bonchev–Trinajstić information content (AvgIpc) is 3.10. The Bertz CT molecular complexity index is 1210. The number of benzene rings is 1. The molecule has 0 saturated heterocycles. The standard InChI is InChI=1S/C23H20F3N5O/c1-14-13-28-21(23(24,25)26)10-17(14)19-11-20-18(7-2-3-8-31(20)30-19)29-22(32)16-6-4-5-15(9-16)12-27/h4-6,9-11,13,18H,2-3,7-8H2,1H3,(H,29,32)/t18-/m1/s1. The molecule has 0 radical (unpaired) electrons. The van der Waals surface area contributed by atoms with E-state index in [4.69, 9.17) is 5.26 Å². The second-order valence-corrected chi connectivity index (χ2v) is 7.77. The molecule has 0 spiro atoms. The molecule has 1 amide bonds. The predicted octanol–water partition coefficient (Wildman–Crippen LogP) is 4.80. The third-order valence-electron chi connectivity index (χ3n) is 5.51. The van der Waals surface area contributed by atoms with Crippen LogP contribution in [0.4, 0.5) is 13.2 Å². The zero-order chi connectivity index (χ0) is 22.9. The number of rotatable bonds is 3. The first kappa shape index (κ1) is 21.6. The predicted molar refractivity (Wildman–Crippen MR) is 110 cm³/mol. The number of aryl methyl sites for hydroxylation is 2. The number of carbonyl (C=O) groups is 1. The molecule has 1 atom stereocenters. The van der Waals surface area contributed by atoms with Crippen LogP contribution in [0.1, 0.15) is 58.2 Å². The first-order valence-electron chi connectivity index (χ1n) is 10.2. The normalized spacial score (nSPS) is 16.0.